The minimum Gasteiger partial charge on any atom is -0.435 e. The average molecular weight is 481 g/mol. The van der Waals surface area contributed by atoms with Gasteiger partial charge in [0.05, 0.1) is 12.8 Å². The van der Waals surface area contributed by atoms with Gasteiger partial charge in [-0.15, -0.1) is 5.06 Å². The molecular weight excluding hydrogens is 450 g/mol. The molecule has 6 aliphatic rings. The van der Waals surface area contributed by atoms with Crippen LogP contribution >= 0.6 is 0 Å². The molecule has 5 heterocycles. The Kier molecular flexibility index (Phi) is 5.94. The second kappa shape index (κ2) is 8.54. The smallest absolute Gasteiger partial charge is 0.333 e. The van der Waals surface area contributed by atoms with Crippen LogP contribution in [0.2, 0.25) is 0 Å². The lowest BCUT2D eigenvalue weighted by Crippen LogP contribution is -2.70. The summed E-state index contributed by atoms with van der Waals surface area (Å²) in [6.07, 6.45) is 1.25. The van der Waals surface area contributed by atoms with Crippen LogP contribution in [-0.2, 0) is 48.0 Å². The molecule has 6 fully saturated rings. The van der Waals surface area contributed by atoms with E-state index in [0.717, 1.165) is 19.3 Å². The third-order valence-corrected chi connectivity index (χ3v) is 8.08. The van der Waals surface area contributed by atoms with Gasteiger partial charge in [0.15, 0.2) is 11.9 Å². The van der Waals surface area contributed by atoms with E-state index in [9.17, 15) is 19.2 Å². The molecule has 8 atom stereocenters. The minimum absolute atomic E-state index is 0.00436. The monoisotopic (exact) mass is 481 g/mol. The summed E-state index contributed by atoms with van der Waals surface area (Å²) in [5.74, 6) is -3.14. The van der Waals surface area contributed by atoms with E-state index in [4.69, 9.17) is 28.8 Å². The summed E-state index contributed by atoms with van der Waals surface area (Å²) < 4.78 is 18.0. The van der Waals surface area contributed by atoms with Crippen LogP contribution in [0.3, 0.4) is 0 Å². The quantitative estimate of drug-likeness (QED) is 0.327. The highest BCUT2D eigenvalue weighted by molar-refractivity contribution is 6.01. The van der Waals surface area contributed by atoms with E-state index in [0.29, 0.717) is 17.4 Å². The van der Waals surface area contributed by atoms with Gasteiger partial charge >= 0.3 is 11.9 Å². The van der Waals surface area contributed by atoms with Crippen molar-refractivity contribution in [3.05, 3.63) is 0 Å². The predicted molar refractivity (Wildman–Crippen MR) is 109 cm³/mol. The van der Waals surface area contributed by atoms with Crippen molar-refractivity contribution >= 4 is 23.8 Å². The summed E-state index contributed by atoms with van der Waals surface area (Å²) in [4.78, 5) is 64.3. The number of hydroxylamine groups is 2. The van der Waals surface area contributed by atoms with Crippen molar-refractivity contribution < 1.29 is 48.0 Å². The predicted octanol–water partition coefficient (Wildman–Crippen LogP) is 2.12. The third-order valence-electron chi connectivity index (χ3n) is 8.08. The van der Waals surface area contributed by atoms with Gasteiger partial charge < -0.3 is 19.0 Å². The fourth-order valence-electron chi connectivity index (χ4n) is 6.20. The van der Waals surface area contributed by atoms with Gasteiger partial charge in [-0.3, -0.25) is 14.4 Å². The lowest BCUT2D eigenvalue weighted by atomic mass is 9.58. The Morgan fingerprint density at radius 2 is 1.71 bits per heavy atom. The molecule has 11 nitrogen and oxygen atoms in total. The van der Waals surface area contributed by atoms with E-state index in [1.807, 2.05) is 13.8 Å². The molecule has 188 valence electrons. The van der Waals surface area contributed by atoms with Crippen LogP contribution in [0, 0.1) is 23.7 Å². The van der Waals surface area contributed by atoms with Crippen molar-refractivity contribution in [2.45, 2.75) is 96.1 Å². The number of imide groups is 1. The van der Waals surface area contributed by atoms with E-state index in [-0.39, 0.29) is 43.4 Å². The number of carbonyl (C=O) groups is 4. The van der Waals surface area contributed by atoms with Crippen LogP contribution in [0.25, 0.3) is 0 Å². The lowest BCUT2D eigenvalue weighted by molar-refractivity contribution is -0.576. The van der Waals surface area contributed by atoms with E-state index >= 15 is 0 Å². The van der Waals surface area contributed by atoms with Crippen molar-refractivity contribution in [1.82, 2.24) is 5.06 Å². The van der Waals surface area contributed by atoms with Crippen molar-refractivity contribution in [1.29, 1.82) is 0 Å². The molecule has 0 aromatic carbocycles. The molecule has 0 aromatic heterocycles. The molecule has 2 amide bonds. The molecule has 1 spiro atoms. The van der Waals surface area contributed by atoms with E-state index in [1.165, 1.54) is 0 Å². The summed E-state index contributed by atoms with van der Waals surface area (Å²) in [6, 6.07) is 0. The Morgan fingerprint density at radius 3 is 2.44 bits per heavy atom. The largest absolute Gasteiger partial charge is 0.435 e. The highest BCUT2D eigenvalue weighted by atomic mass is 17.3. The van der Waals surface area contributed by atoms with Crippen LogP contribution in [-0.4, -0.2) is 52.8 Å². The Bertz CT molecular complexity index is 877. The van der Waals surface area contributed by atoms with Crippen molar-refractivity contribution in [2.75, 3.05) is 0 Å². The first-order valence-corrected chi connectivity index (χ1v) is 12.1. The molecule has 8 unspecified atom stereocenters. The second-order valence-electron chi connectivity index (χ2n) is 10.3. The Balaban J connectivity index is 1.23. The zero-order valence-corrected chi connectivity index (χ0v) is 19.7. The first-order chi connectivity index (χ1) is 16.1. The van der Waals surface area contributed by atoms with E-state index in [2.05, 4.69) is 6.92 Å². The number of carbonyl (C=O) groups excluding carboxylic acids is 4. The zero-order valence-electron chi connectivity index (χ0n) is 19.7. The van der Waals surface area contributed by atoms with Crippen molar-refractivity contribution in [2.24, 2.45) is 23.7 Å². The average Bonchev–Trinajstić information content (AvgIpc) is 2.95. The number of hydrogen-bond acceptors (Lipinski definition) is 10. The molecule has 5 aliphatic heterocycles. The topological polar surface area (TPSA) is 127 Å². The maximum atomic E-state index is 12.5. The molecule has 2 bridgehead atoms. The number of esters is 1. The Labute approximate surface area is 197 Å². The summed E-state index contributed by atoms with van der Waals surface area (Å²) in [5, 5.41) is 0.459. The number of rotatable bonds is 5. The molecule has 0 aromatic rings. The number of fused-ring (bicyclic) bond motifs is 2. The first kappa shape index (κ1) is 23.7. The number of hydrogen-bond donors (Lipinski definition) is 0. The standard InChI is InChI=1S/C23H31NO10/c1-12-4-5-15-13(2)20(30-21-23(15)14(12)10-11-22(3,31-21)33-34-23)29-18(27)8-9-19(28)32-24-16(25)6-7-17(24)26/h12-15,20-21H,4-11H2,1-3H3. The van der Waals surface area contributed by atoms with Crippen LogP contribution in [0.4, 0.5) is 0 Å². The maximum absolute atomic E-state index is 12.5. The SMILES string of the molecule is CC1CCC2C(C)C(OC(=O)CCC(=O)ON3C(=O)CCC3=O)OC3OC4(C)CCC1C32OO4. The Hall–Kier alpha value is -2.08. The molecule has 0 radical (unpaired) electrons. The first-order valence-electron chi connectivity index (χ1n) is 12.1. The molecule has 1 aliphatic carbocycles. The molecule has 5 saturated heterocycles. The zero-order chi connectivity index (χ0) is 24.3. The fraction of sp³-hybridized carbons (Fsp3) is 0.826. The molecule has 0 N–H and O–H groups in total. The molecule has 6 rings (SSSR count). The van der Waals surface area contributed by atoms with Gasteiger partial charge in [-0.1, -0.05) is 13.8 Å². The highest BCUT2D eigenvalue weighted by Gasteiger charge is 2.69. The van der Waals surface area contributed by atoms with Crippen LogP contribution < -0.4 is 0 Å². The van der Waals surface area contributed by atoms with E-state index in [1.54, 1.807) is 0 Å². The maximum Gasteiger partial charge on any atom is 0.333 e. The normalized spacial score (nSPS) is 43.3. The number of amides is 2. The van der Waals surface area contributed by atoms with E-state index < -0.39 is 47.7 Å². The summed E-state index contributed by atoms with van der Waals surface area (Å²) in [6.45, 7) is 6.00. The summed E-state index contributed by atoms with van der Waals surface area (Å²) in [7, 11) is 0. The lowest BCUT2D eigenvalue weighted by Gasteiger charge is -2.59. The van der Waals surface area contributed by atoms with Gasteiger partial charge in [0.25, 0.3) is 11.8 Å². The van der Waals surface area contributed by atoms with Gasteiger partial charge in [0.2, 0.25) is 12.1 Å². The minimum atomic E-state index is -0.930. The van der Waals surface area contributed by atoms with Crippen molar-refractivity contribution in [3.8, 4) is 0 Å². The Morgan fingerprint density at radius 1 is 1.00 bits per heavy atom. The summed E-state index contributed by atoms with van der Waals surface area (Å²) in [5.41, 5.74) is -0.755. The summed E-state index contributed by atoms with van der Waals surface area (Å²) >= 11 is 0. The van der Waals surface area contributed by atoms with Gasteiger partial charge in [-0.2, -0.15) is 0 Å². The molecule has 1 saturated carbocycles. The van der Waals surface area contributed by atoms with Gasteiger partial charge in [-0.25, -0.2) is 14.6 Å². The second-order valence-corrected chi connectivity index (χ2v) is 10.3. The van der Waals surface area contributed by atoms with Gasteiger partial charge in [-0.05, 0) is 38.0 Å². The third kappa shape index (κ3) is 3.82. The number of nitrogens with zero attached hydrogens (tertiary/aromatic N) is 1. The van der Waals surface area contributed by atoms with Crippen molar-refractivity contribution in [3.63, 3.8) is 0 Å². The number of ether oxygens (including phenoxy) is 3. The van der Waals surface area contributed by atoms with Crippen LogP contribution in [0.15, 0.2) is 0 Å². The van der Waals surface area contributed by atoms with Gasteiger partial charge in [0, 0.05) is 31.1 Å². The van der Waals surface area contributed by atoms with Crippen LogP contribution in [0.5, 0.6) is 0 Å². The van der Waals surface area contributed by atoms with Gasteiger partial charge in [0.1, 0.15) is 0 Å². The fourth-order valence-corrected chi connectivity index (χ4v) is 6.20. The molecule has 11 heteroatoms. The molecular formula is C23H31NO10. The highest BCUT2D eigenvalue weighted by Crippen LogP contribution is 2.60. The van der Waals surface area contributed by atoms with Crippen LogP contribution in [0.1, 0.15) is 72.1 Å². The molecule has 34 heavy (non-hydrogen) atoms.